The van der Waals surface area contributed by atoms with Crippen LogP contribution in [0.3, 0.4) is 0 Å². The van der Waals surface area contributed by atoms with E-state index in [1.807, 2.05) is 42.5 Å². The van der Waals surface area contributed by atoms with Gasteiger partial charge >= 0.3 is 0 Å². The number of nitrogens with zero attached hydrogens (tertiary/aromatic N) is 1. The van der Waals surface area contributed by atoms with Crippen LogP contribution in [0.15, 0.2) is 42.5 Å². The summed E-state index contributed by atoms with van der Waals surface area (Å²) < 4.78 is 10.5. The highest BCUT2D eigenvalue weighted by atomic mass is 16.5. The molecule has 0 heterocycles. The van der Waals surface area contributed by atoms with Crippen LogP contribution in [0.2, 0.25) is 0 Å². The Morgan fingerprint density at radius 2 is 1.58 bits per heavy atom. The van der Waals surface area contributed by atoms with E-state index in [9.17, 15) is 5.11 Å². The van der Waals surface area contributed by atoms with E-state index in [2.05, 4.69) is 4.90 Å². The molecule has 0 aliphatic carbocycles. The highest BCUT2D eigenvalue weighted by Crippen LogP contribution is 2.33. The Balaban J connectivity index is 2.39. The van der Waals surface area contributed by atoms with Gasteiger partial charge in [0.2, 0.25) is 0 Å². The van der Waals surface area contributed by atoms with Gasteiger partial charge in [-0.1, -0.05) is 24.3 Å². The van der Waals surface area contributed by atoms with E-state index in [-0.39, 0.29) is 6.61 Å². The lowest BCUT2D eigenvalue weighted by atomic mass is 10.0. The molecule has 0 amide bonds. The van der Waals surface area contributed by atoms with Crippen molar-refractivity contribution in [3.63, 3.8) is 0 Å². The molecule has 0 bridgehead atoms. The predicted octanol–water partition coefficient (Wildman–Crippen LogP) is 2.53. The Hall–Kier alpha value is -2.08. The van der Waals surface area contributed by atoms with Crippen molar-refractivity contribution >= 4 is 11.4 Å². The molecule has 0 atom stereocenters. The molecule has 0 radical (unpaired) electrons. The number of benzene rings is 2. The first-order valence-electron chi connectivity index (χ1n) is 8.02. The minimum atomic E-state index is 0.0396. The first-order valence-corrected chi connectivity index (χ1v) is 8.02. The van der Waals surface area contributed by atoms with Gasteiger partial charge in [-0.3, -0.25) is 0 Å². The van der Waals surface area contributed by atoms with Crippen molar-refractivity contribution in [2.24, 2.45) is 0 Å². The van der Waals surface area contributed by atoms with Gasteiger partial charge in [-0.25, -0.2) is 0 Å². The molecule has 0 saturated heterocycles. The second-order valence-corrected chi connectivity index (χ2v) is 5.60. The van der Waals surface area contributed by atoms with Gasteiger partial charge in [0.25, 0.3) is 0 Å². The third-order valence-electron chi connectivity index (χ3n) is 3.94. The van der Waals surface area contributed by atoms with Crippen LogP contribution in [0.1, 0.15) is 5.56 Å². The van der Waals surface area contributed by atoms with Crippen LogP contribution in [0.5, 0.6) is 0 Å². The van der Waals surface area contributed by atoms with Crippen LogP contribution in [-0.2, 0) is 16.1 Å². The molecule has 5 heteroatoms. The smallest absolute Gasteiger partial charge is 0.0681 e. The largest absolute Gasteiger partial charge is 0.399 e. The Labute approximate surface area is 143 Å². The standard InChI is InChI=1S/C19H26N2O3/c1-23-11-9-21(10-12-24-2)19-8-7-17(20)13-18(19)16-5-3-15(14-22)4-6-16/h3-8,13,22H,9-12,14,20H2,1-2H3. The normalized spacial score (nSPS) is 10.8. The summed E-state index contributed by atoms with van der Waals surface area (Å²) in [6.07, 6.45) is 0. The minimum absolute atomic E-state index is 0.0396. The van der Waals surface area contributed by atoms with Crippen LogP contribution < -0.4 is 10.6 Å². The van der Waals surface area contributed by atoms with E-state index in [0.717, 1.165) is 41.2 Å². The summed E-state index contributed by atoms with van der Waals surface area (Å²) in [5.41, 5.74) is 10.8. The average molecular weight is 330 g/mol. The molecule has 24 heavy (non-hydrogen) atoms. The quantitative estimate of drug-likeness (QED) is 0.692. The summed E-state index contributed by atoms with van der Waals surface area (Å²) in [6.45, 7) is 2.85. The Bertz CT molecular complexity index is 621. The molecular weight excluding hydrogens is 304 g/mol. The lowest BCUT2D eigenvalue weighted by Gasteiger charge is -2.27. The summed E-state index contributed by atoms with van der Waals surface area (Å²) in [6, 6.07) is 13.8. The van der Waals surface area contributed by atoms with Crippen LogP contribution in [0, 0.1) is 0 Å². The number of nitrogen functional groups attached to an aromatic ring is 1. The van der Waals surface area contributed by atoms with E-state index < -0.39 is 0 Å². The van der Waals surface area contributed by atoms with Crippen LogP contribution in [0.25, 0.3) is 11.1 Å². The Morgan fingerprint density at radius 3 is 2.12 bits per heavy atom. The lowest BCUT2D eigenvalue weighted by Crippen LogP contribution is -2.31. The van der Waals surface area contributed by atoms with Crippen LogP contribution in [0.4, 0.5) is 11.4 Å². The van der Waals surface area contributed by atoms with Gasteiger partial charge in [-0.05, 0) is 29.3 Å². The highest BCUT2D eigenvalue weighted by molar-refractivity contribution is 5.81. The van der Waals surface area contributed by atoms with Gasteiger partial charge < -0.3 is 25.2 Å². The van der Waals surface area contributed by atoms with Gasteiger partial charge in [0, 0.05) is 44.2 Å². The Morgan fingerprint density at radius 1 is 0.958 bits per heavy atom. The van der Waals surface area contributed by atoms with Gasteiger partial charge in [0.1, 0.15) is 0 Å². The van der Waals surface area contributed by atoms with Crippen molar-refractivity contribution in [3.05, 3.63) is 48.0 Å². The number of aliphatic hydroxyl groups is 1. The summed E-state index contributed by atoms with van der Waals surface area (Å²) in [5.74, 6) is 0. The number of hydrogen-bond donors (Lipinski definition) is 2. The molecule has 0 fully saturated rings. The van der Waals surface area contributed by atoms with E-state index in [1.54, 1.807) is 14.2 Å². The molecule has 0 aliphatic heterocycles. The maximum absolute atomic E-state index is 9.22. The number of ether oxygens (including phenoxy) is 2. The maximum Gasteiger partial charge on any atom is 0.0681 e. The minimum Gasteiger partial charge on any atom is -0.399 e. The fourth-order valence-electron chi connectivity index (χ4n) is 2.61. The third-order valence-corrected chi connectivity index (χ3v) is 3.94. The summed E-state index contributed by atoms with van der Waals surface area (Å²) in [5, 5.41) is 9.22. The van der Waals surface area contributed by atoms with E-state index in [0.29, 0.717) is 13.2 Å². The van der Waals surface area contributed by atoms with E-state index >= 15 is 0 Å². The van der Waals surface area contributed by atoms with Crippen molar-refractivity contribution in [1.29, 1.82) is 0 Å². The predicted molar refractivity (Wildman–Crippen MR) is 98.2 cm³/mol. The molecule has 0 aliphatic rings. The SMILES string of the molecule is COCCN(CCOC)c1ccc(N)cc1-c1ccc(CO)cc1. The first kappa shape index (κ1) is 18.3. The molecule has 2 aromatic rings. The molecule has 130 valence electrons. The summed E-state index contributed by atoms with van der Waals surface area (Å²) in [4.78, 5) is 2.24. The fraction of sp³-hybridized carbons (Fsp3) is 0.368. The highest BCUT2D eigenvalue weighted by Gasteiger charge is 2.13. The number of rotatable bonds is 9. The summed E-state index contributed by atoms with van der Waals surface area (Å²) in [7, 11) is 3.40. The number of aliphatic hydroxyl groups excluding tert-OH is 1. The monoisotopic (exact) mass is 330 g/mol. The second kappa shape index (κ2) is 9.27. The zero-order chi connectivity index (χ0) is 17.4. The van der Waals surface area contributed by atoms with E-state index in [1.165, 1.54) is 0 Å². The zero-order valence-electron chi connectivity index (χ0n) is 14.4. The van der Waals surface area contributed by atoms with Crippen molar-refractivity contribution in [2.75, 3.05) is 51.2 Å². The topological polar surface area (TPSA) is 68.0 Å². The molecule has 0 aromatic heterocycles. The molecule has 2 aromatic carbocycles. The number of anilines is 2. The van der Waals surface area contributed by atoms with Crippen LogP contribution >= 0.6 is 0 Å². The summed E-state index contributed by atoms with van der Waals surface area (Å²) >= 11 is 0. The molecule has 0 saturated carbocycles. The van der Waals surface area contributed by atoms with Gasteiger partial charge in [-0.2, -0.15) is 0 Å². The third kappa shape index (κ3) is 4.71. The van der Waals surface area contributed by atoms with Gasteiger partial charge in [0.05, 0.1) is 19.8 Å². The Kier molecular flexibility index (Phi) is 7.06. The molecule has 5 nitrogen and oxygen atoms in total. The van der Waals surface area contributed by atoms with Crippen molar-refractivity contribution in [3.8, 4) is 11.1 Å². The van der Waals surface area contributed by atoms with Crippen molar-refractivity contribution < 1.29 is 14.6 Å². The zero-order valence-corrected chi connectivity index (χ0v) is 14.4. The second-order valence-electron chi connectivity index (χ2n) is 5.60. The first-order chi connectivity index (χ1) is 11.7. The number of hydrogen-bond acceptors (Lipinski definition) is 5. The van der Waals surface area contributed by atoms with E-state index in [4.69, 9.17) is 15.2 Å². The molecule has 0 unspecified atom stereocenters. The molecule has 3 N–H and O–H groups in total. The molecule has 0 spiro atoms. The fourth-order valence-corrected chi connectivity index (χ4v) is 2.61. The number of methoxy groups -OCH3 is 2. The van der Waals surface area contributed by atoms with Gasteiger partial charge in [0.15, 0.2) is 0 Å². The molecular formula is C19H26N2O3. The number of nitrogens with two attached hydrogens (primary N) is 1. The lowest BCUT2D eigenvalue weighted by molar-refractivity contribution is 0.190. The average Bonchev–Trinajstić information content (AvgIpc) is 2.62. The molecule has 2 rings (SSSR count). The van der Waals surface area contributed by atoms with Crippen molar-refractivity contribution in [2.45, 2.75) is 6.61 Å². The van der Waals surface area contributed by atoms with Gasteiger partial charge in [-0.15, -0.1) is 0 Å². The van der Waals surface area contributed by atoms with Crippen molar-refractivity contribution in [1.82, 2.24) is 0 Å². The van der Waals surface area contributed by atoms with Crippen LogP contribution in [-0.4, -0.2) is 45.6 Å². The maximum atomic E-state index is 9.22.